The molecule has 0 saturated carbocycles. The van der Waals surface area contributed by atoms with Crippen molar-refractivity contribution in [2.75, 3.05) is 13.1 Å². The van der Waals surface area contributed by atoms with E-state index in [0.717, 1.165) is 17.7 Å². The van der Waals surface area contributed by atoms with E-state index in [1.54, 1.807) is 22.5 Å². The van der Waals surface area contributed by atoms with Gasteiger partial charge in [0, 0.05) is 17.8 Å². The van der Waals surface area contributed by atoms with Gasteiger partial charge in [-0.1, -0.05) is 44.2 Å². The summed E-state index contributed by atoms with van der Waals surface area (Å²) in [5, 5.41) is 4.36. The maximum atomic E-state index is 13.9. The Morgan fingerprint density at radius 1 is 1.05 bits per heavy atom. The molecular weight excluding hydrogens is 507 g/mol. The Labute approximate surface area is 224 Å². The van der Waals surface area contributed by atoms with Crippen molar-refractivity contribution in [2.45, 2.75) is 46.0 Å². The summed E-state index contributed by atoms with van der Waals surface area (Å²) in [4.78, 5) is 29.2. The van der Waals surface area contributed by atoms with E-state index < -0.39 is 23.7 Å². The predicted molar refractivity (Wildman–Crippen MR) is 143 cm³/mol. The number of alkyl halides is 3. The summed E-state index contributed by atoms with van der Waals surface area (Å²) in [5.74, 6) is -0.576. The second kappa shape index (κ2) is 11.4. The SMILES string of the molecule is Cc1cc2cc([C@@H](C(C)C)N(CCCN)C(=O)c3ccc(C(F)(F)F)cc3)n(Cc3ccccc3)c(=O)n2n1. The molecule has 0 spiro atoms. The second-order valence-electron chi connectivity index (χ2n) is 9.95. The summed E-state index contributed by atoms with van der Waals surface area (Å²) in [6.07, 6.45) is -4.03. The number of carbonyl (C=O) groups is 1. The van der Waals surface area contributed by atoms with Crippen LogP contribution in [0.2, 0.25) is 0 Å². The van der Waals surface area contributed by atoms with Crippen molar-refractivity contribution >= 4 is 11.4 Å². The zero-order chi connectivity index (χ0) is 28.3. The van der Waals surface area contributed by atoms with Gasteiger partial charge in [0.1, 0.15) is 0 Å². The molecule has 4 rings (SSSR count). The van der Waals surface area contributed by atoms with Gasteiger partial charge in [0.2, 0.25) is 0 Å². The number of aryl methyl sites for hydroxylation is 1. The van der Waals surface area contributed by atoms with Crippen LogP contribution < -0.4 is 11.4 Å². The Balaban J connectivity index is 1.87. The lowest BCUT2D eigenvalue weighted by atomic mass is 9.96. The topological polar surface area (TPSA) is 85.6 Å². The first-order valence-electron chi connectivity index (χ1n) is 12.8. The van der Waals surface area contributed by atoms with Crippen LogP contribution in [0.25, 0.3) is 5.52 Å². The first kappa shape index (κ1) is 28.1. The summed E-state index contributed by atoms with van der Waals surface area (Å²) < 4.78 is 42.4. The number of carbonyl (C=O) groups excluding carboxylic acids is 1. The van der Waals surface area contributed by atoms with Crippen LogP contribution in [0.3, 0.4) is 0 Å². The van der Waals surface area contributed by atoms with Crippen molar-refractivity contribution < 1.29 is 18.0 Å². The minimum atomic E-state index is -4.51. The lowest BCUT2D eigenvalue weighted by Gasteiger charge is -2.36. The molecule has 0 bridgehead atoms. The maximum Gasteiger partial charge on any atom is 0.416 e. The van der Waals surface area contributed by atoms with Crippen LogP contribution >= 0.6 is 0 Å². The number of amides is 1. The molecule has 0 fully saturated rings. The van der Waals surface area contributed by atoms with E-state index in [4.69, 9.17) is 5.73 Å². The van der Waals surface area contributed by atoms with Gasteiger partial charge in [-0.3, -0.25) is 9.36 Å². The van der Waals surface area contributed by atoms with Crippen LogP contribution in [0.5, 0.6) is 0 Å². The van der Waals surface area contributed by atoms with E-state index in [1.165, 1.54) is 16.6 Å². The fourth-order valence-electron chi connectivity index (χ4n) is 4.86. The molecule has 1 atom stereocenters. The van der Waals surface area contributed by atoms with Crippen LogP contribution in [0.1, 0.15) is 59.2 Å². The van der Waals surface area contributed by atoms with E-state index in [0.29, 0.717) is 29.9 Å². The molecule has 0 radical (unpaired) electrons. The summed E-state index contributed by atoms with van der Waals surface area (Å²) >= 11 is 0. The van der Waals surface area contributed by atoms with Crippen molar-refractivity contribution in [3.05, 3.63) is 105 Å². The smallest absolute Gasteiger partial charge is 0.330 e. The first-order valence-corrected chi connectivity index (χ1v) is 12.8. The number of aromatic nitrogens is 3. The Morgan fingerprint density at radius 3 is 2.31 bits per heavy atom. The summed E-state index contributed by atoms with van der Waals surface area (Å²) in [7, 11) is 0. The molecule has 7 nitrogen and oxygen atoms in total. The van der Waals surface area contributed by atoms with Gasteiger partial charge < -0.3 is 10.6 Å². The van der Waals surface area contributed by atoms with E-state index >= 15 is 0 Å². The molecule has 2 heterocycles. The first-order chi connectivity index (χ1) is 18.5. The van der Waals surface area contributed by atoms with Gasteiger partial charge in [-0.2, -0.15) is 22.8 Å². The number of rotatable bonds is 9. The van der Waals surface area contributed by atoms with Crippen molar-refractivity contribution in [1.29, 1.82) is 0 Å². The van der Waals surface area contributed by atoms with Gasteiger partial charge >= 0.3 is 11.9 Å². The highest BCUT2D eigenvalue weighted by molar-refractivity contribution is 5.94. The van der Waals surface area contributed by atoms with Crippen LogP contribution in [-0.4, -0.2) is 38.1 Å². The van der Waals surface area contributed by atoms with Crippen molar-refractivity contribution in [2.24, 2.45) is 11.7 Å². The average molecular weight is 540 g/mol. The molecule has 0 unspecified atom stereocenters. The van der Waals surface area contributed by atoms with Gasteiger partial charge in [-0.05, 0) is 67.8 Å². The third kappa shape index (κ3) is 6.06. The summed E-state index contributed by atoms with van der Waals surface area (Å²) in [5.41, 5.74) is 7.55. The lowest BCUT2D eigenvalue weighted by Crippen LogP contribution is -2.42. The zero-order valence-electron chi connectivity index (χ0n) is 22.2. The normalized spacial score (nSPS) is 12.7. The molecule has 4 aromatic rings. The number of nitrogens with zero attached hydrogens (tertiary/aromatic N) is 4. The number of hydrogen-bond donors (Lipinski definition) is 1. The third-order valence-corrected chi connectivity index (χ3v) is 6.66. The Bertz CT molecular complexity index is 1490. The molecule has 39 heavy (non-hydrogen) atoms. The van der Waals surface area contributed by atoms with E-state index in [1.807, 2.05) is 50.2 Å². The van der Waals surface area contributed by atoms with Crippen LogP contribution in [0, 0.1) is 12.8 Å². The molecular formula is C29H32F3N5O2. The van der Waals surface area contributed by atoms with Gasteiger partial charge in [-0.15, -0.1) is 0 Å². The zero-order valence-corrected chi connectivity index (χ0v) is 22.2. The van der Waals surface area contributed by atoms with Crippen molar-refractivity contribution in [3.8, 4) is 0 Å². The van der Waals surface area contributed by atoms with E-state index in [2.05, 4.69) is 5.10 Å². The van der Waals surface area contributed by atoms with Gasteiger partial charge in [0.25, 0.3) is 5.91 Å². The standard InChI is InChI=1S/C29H32F3N5O2/c1-19(2)26(35(15-7-14-33)27(38)22-10-12-23(13-11-22)29(30,31)32)25-17-24-16-20(3)34-37(24)28(39)36(25)18-21-8-5-4-6-9-21/h4-6,8-13,16-17,19,26H,7,14-15,18,33H2,1-3H3/t26-/m1/s1. The molecule has 0 saturated heterocycles. The summed E-state index contributed by atoms with van der Waals surface area (Å²) in [6.45, 7) is 6.54. The minimum Gasteiger partial charge on any atom is -0.330 e. The molecule has 0 aliphatic heterocycles. The highest BCUT2D eigenvalue weighted by atomic mass is 19.4. The second-order valence-corrected chi connectivity index (χ2v) is 9.95. The third-order valence-electron chi connectivity index (χ3n) is 6.66. The largest absolute Gasteiger partial charge is 0.416 e. The molecule has 0 aliphatic carbocycles. The van der Waals surface area contributed by atoms with Gasteiger partial charge in [0.05, 0.1) is 29.4 Å². The molecule has 206 valence electrons. The molecule has 1 amide bonds. The Hall–Kier alpha value is -3.92. The number of benzene rings is 2. The number of fused-ring (bicyclic) bond motifs is 1. The van der Waals surface area contributed by atoms with Gasteiger partial charge in [-0.25, -0.2) is 4.79 Å². The quantitative estimate of drug-likeness (QED) is 0.322. The monoisotopic (exact) mass is 539 g/mol. The predicted octanol–water partition coefficient (Wildman–Crippen LogP) is 5.06. The molecule has 0 aliphatic rings. The molecule has 10 heteroatoms. The Morgan fingerprint density at radius 2 is 1.72 bits per heavy atom. The number of halogens is 3. The van der Waals surface area contributed by atoms with Crippen LogP contribution in [0.4, 0.5) is 13.2 Å². The van der Waals surface area contributed by atoms with E-state index in [-0.39, 0.29) is 30.3 Å². The van der Waals surface area contributed by atoms with Crippen molar-refractivity contribution in [3.63, 3.8) is 0 Å². The fourth-order valence-corrected chi connectivity index (χ4v) is 4.86. The highest BCUT2D eigenvalue weighted by Gasteiger charge is 2.33. The molecule has 2 aromatic heterocycles. The lowest BCUT2D eigenvalue weighted by molar-refractivity contribution is -0.137. The molecule has 2 N–H and O–H groups in total. The van der Waals surface area contributed by atoms with Crippen LogP contribution in [-0.2, 0) is 12.7 Å². The van der Waals surface area contributed by atoms with Gasteiger partial charge in [0.15, 0.2) is 0 Å². The highest BCUT2D eigenvalue weighted by Crippen LogP contribution is 2.33. The average Bonchev–Trinajstić information content (AvgIpc) is 3.28. The number of nitrogens with two attached hydrogens (primary N) is 1. The fraction of sp³-hybridized carbons (Fsp3) is 0.345. The van der Waals surface area contributed by atoms with E-state index in [9.17, 15) is 22.8 Å². The van der Waals surface area contributed by atoms with Crippen molar-refractivity contribution in [1.82, 2.24) is 19.1 Å². The number of hydrogen-bond acceptors (Lipinski definition) is 4. The van der Waals surface area contributed by atoms with Crippen LogP contribution in [0.15, 0.2) is 71.5 Å². The maximum absolute atomic E-state index is 13.9. The minimum absolute atomic E-state index is 0.129. The Kier molecular flexibility index (Phi) is 8.25. The molecule has 2 aromatic carbocycles. The summed E-state index contributed by atoms with van der Waals surface area (Å²) in [6, 6.07) is 16.8.